The Labute approximate surface area is 207 Å². The average molecular weight is 511 g/mol. The standard InChI is InChI=1S/C26H23ClN2O5S/c1-16-3-5-19-12-20(26(30)28-25(19)17(16)2)14-29(35(31,32)22-8-6-21(27)7-9-22)13-18-4-10-23-24(11-18)34-15-33-23/h3-12H,13-15H2,1-2H3,(H,28,30). The summed E-state index contributed by atoms with van der Waals surface area (Å²) >= 11 is 5.98. The minimum Gasteiger partial charge on any atom is -0.454 e. The SMILES string of the molecule is Cc1ccc2cc(CN(Cc3ccc4c(c3)OCO4)S(=O)(=O)c3ccc(Cl)cc3)c(=O)[nH]c2c1C. The van der Waals surface area contributed by atoms with Gasteiger partial charge in [0.25, 0.3) is 5.56 Å². The molecular formula is C26H23ClN2O5S. The van der Waals surface area contributed by atoms with Crippen LogP contribution in [0.4, 0.5) is 0 Å². The molecular weight excluding hydrogens is 488 g/mol. The second-order valence-corrected chi connectivity index (χ2v) is 10.9. The summed E-state index contributed by atoms with van der Waals surface area (Å²) in [7, 11) is -3.96. The number of hydrogen-bond donors (Lipinski definition) is 1. The van der Waals surface area contributed by atoms with Gasteiger partial charge in [0.2, 0.25) is 16.8 Å². The van der Waals surface area contributed by atoms with Crippen LogP contribution < -0.4 is 15.0 Å². The number of halogens is 1. The van der Waals surface area contributed by atoms with Gasteiger partial charge in [-0.3, -0.25) is 4.79 Å². The van der Waals surface area contributed by atoms with Crippen molar-refractivity contribution in [1.29, 1.82) is 0 Å². The van der Waals surface area contributed by atoms with E-state index in [1.807, 2.05) is 26.0 Å². The summed E-state index contributed by atoms with van der Waals surface area (Å²) in [6.45, 7) is 3.97. The Morgan fingerprint density at radius 3 is 2.46 bits per heavy atom. The fourth-order valence-electron chi connectivity index (χ4n) is 4.10. The van der Waals surface area contributed by atoms with E-state index in [0.29, 0.717) is 27.6 Å². The van der Waals surface area contributed by atoms with Crippen molar-refractivity contribution in [2.45, 2.75) is 31.8 Å². The molecule has 1 N–H and O–H groups in total. The number of hydrogen-bond acceptors (Lipinski definition) is 5. The molecule has 0 saturated carbocycles. The monoisotopic (exact) mass is 510 g/mol. The highest BCUT2D eigenvalue weighted by Gasteiger charge is 2.27. The van der Waals surface area contributed by atoms with Gasteiger partial charge in [0.15, 0.2) is 11.5 Å². The van der Waals surface area contributed by atoms with Crippen molar-refractivity contribution >= 4 is 32.5 Å². The second-order valence-electron chi connectivity index (χ2n) is 8.51. The zero-order chi connectivity index (χ0) is 24.7. The fourth-order valence-corrected chi connectivity index (χ4v) is 5.63. The van der Waals surface area contributed by atoms with E-state index in [1.165, 1.54) is 28.6 Å². The summed E-state index contributed by atoms with van der Waals surface area (Å²) in [4.78, 5) is 16.0. The molecule has 0 bridgehead atoms. The lowest BCUT2D eigenvalue weighted by atomic mass is 10.0. The molecule has 0 aliphatic carbocycles. The van der Waals surface area contributed by atoms with Crippen LogP contribution in [-0.4, -0.2) is 24.5 Å². The molecule has 0 radical (unpaired) electrons. The van der Waals surface area contributed by atoms with E-state index in [2.05, 4.69) is 4.98 Å². The quantitative estimate of drug-likeness (QED) is 0.398. The first-order valence-electron chi connectivity index (χ1n) is 11.0. The molecule has 3 aromatic carbocycles. The minimum atomic E-state index is -3.96. The molecule has 0 spiro atoms. The van der Waals surface area contributed by atoms with Gasteiger partial charge in [0.05, 0.1) is 10.4 Å². The number of aromatic amines is 1. The third-order valence-electron chi connectivity index (χ3n) is 6.22. The van der Waals surface area contributed by atoms with Crippen molar-refractivity contribution in [3.8, 4) is 11.5 Å². The predicted molar refractivity (Wildman–Crippen MR) is 134 cm³/mol. The molecule has 1 aliphatic heterocycles. The van der Waals surface area contributed by atoms with E-state index < -0.39 is 10.0 Å². The minimum absolute atomic E-state index is 0.0337. The summed E-state index contributed by atoms with van der Waals surface area (Å²) < 4.78 is 39.4. The van der Waals surface area contributed by atoms with Gasteiger partial charge in [-0.05, 0) is 78.4 Å². The van der Waals surface area contributed by atoms with Crippen LogP contribution in [0.3, 0.4) is 0 Å². The highest BCUT2D eigenvalue weighted by Crippen LogP contribution is 2.33. The lowest BCUT2D eigenvalue weighted by Crippen LogP contribution is -2.32. The number of aryl methyl sites for hydroxylation is 2. The van der Waals surface area contributed by atoms with Crippen LogP contribution in [0.2, 0.25) is 5.02 Å². The second kappa shape index (κ2) is 9.03. The topological polar surface area (TPSA) is 88.7 Å². The highest BCUT2D eigenvalue weighted by molar-refractivity contribution is 7.89. The van der Waals surface area contributed by atoms with E-state index in [1.54, 1.807) is 24.3 Å². The Hall–Kier alpha value is -3.33. The molecule has 0 saturated heterocycles. The van der Waals surface area contributed by atoms with Gasteiger partial charge in [-0.1, -0.05) is 29.8 Å². The zero-order valence-corrected chi connectivity index (χ0v) is 20.7. The Bertz CT molecular complexity index is 1600. The number of aromatic nitrogens is 1. The molecule has 35 heavy (non-hydrogen) atoms. The van der Waals surface area contributed by atoms with E-state index in [0.717, 1.165) is 22.0 Å². The van der Waals surface area contributed by atoms with Gasteiger partial charge in [-0.2, -0.15) is 4.31 Å². The van der Waals surface area contributed by atoms with E-state index in [4.69, 9.17) is 21.1 Å². The van der Waals surface area contributed by atoms with Crippen LogP contribution in [0.15, 0.2) is 70.4 Å². The largest absolute Gasteiger partial charge is 0.454 e. The van der Waals surface area contributed by atoms with Crippen LogP contribution in [0.25, 0.3) is 10.9 Å². The molecule has 0 fully saturated rings. The lowest BCUT2D eigenvalue weighted by molar-refractivity contribution is 0.174. The van der Waals surface area contributed by atoms with Gasteiger partial charge >= 0.3 is 0 Å². The maximum Gasteiger partial charge on any atom is 0.252 e. The van der Waals surface area contributed by atoms with Gasteiger partial charge in [0, 0.05) is 23.7 Å². The van der Waals surface area contributed by atoms with Gasteiger partial charge in [0.1, 0.15) is 0 Å². The number of H-pyrrole nitrogens is 1. The molecule has 0 amide bonds. The normalized spacial score (nSPS) is 13.0. The van der Waals surface area contributed by atoms with Gasteiger partial charge in [-0.15, -0.1) is 0 Å². The summed E-state index contributed by atoms with van der Waals surface area (Å²) in [5, 5.41) is 1.28. The van der Waals surface area contributed by atoms with Crippen LogP contribution in [0.5, 0.6) is 11.5 Å². The Kier molecular flexibility index (Phi) is 6.04. The van der Waals surface area contributed by atoms with Crippen molar-refractivity contribution < 1.29 is 17.9 Å². The third kappa shape index (κ3) is 4.52. The van der Waals surface area contributed by atoms with Crippen LogP contribution in [-0.2, 0) is 23.1 Å². The zero-order valence-electron chi connectivity index (χ0n) is 19.2. The molecule has 0 unspecified atom stereocenters. The molecule has 2 heterocycles. The van der Waals surface area contributed by atoms with Crippen LogP contribution in [0.1, 0.15) is 22.3 Å². The van der Waals surface area contributed by atoms with Crippen molar-refractivity contribution in [2.24, 2.45) is 0 Å². The molecule has 0 atom stereocenters. The highest BCUT2D eigenvalue weighted by atomic mass is 35.5. The first-order chi connectivity index (χ1) is 16.7. The molecule has 5 rings (SSSR count). The van der Waals surface area contributed by atoms with Gasteiger partial charge < -0.3 is 14.5 Å². The summed E-state index contributed by atoms with van der Waals surface area (Å²) in [5.41, 5.74) is 3.53. The van der Waals surface area contributed by atoms with E-state index >= 15 is 0 Å². The molecule has 4 aromatic rings. The summed E-state index contributed by atoms with van der Waals surface area (Å²) in [6.07, 6.45) is 0. The first kappa shape index (κ1) is 23.4. The van der Waals surface area contributed by atoms with Crippen molar-refractivity contribution in [3.05, 3.63) is 98.3 Å². The van der Waals surface area contributed by atoms with Crippen molar-refractivity contribution in [3.63, 3.8) is 0 Å². The molecule has 1 aromatic heterocycles. The predicted octanol–water partition coefficient (Wildman–Crippen LogP) is 4.92. The number of rotatable bonds is 6. The van der Waals surface area contributed by atoms with Crippen LogP contribution >= 0.6 is 11.6 Å². The average Bonchev–Trinajstić information content (AvgIpc) is 3.30. The first-order valence-corrected chi connectivity index (χ1v) is 12.8. The molecule has 9 heteroatoms. The van der Waals surface area contributed by atoms with E-state index in [9.17, 15) is 13.2 Å². The molecule has 1 aliphatic rings. The Morgan fingerprint density at radius 2 is 1.69 bits per heavy atom. The Balaban J connectivity index is 1.57. The maximum absolute atomic E-state index is 13.7. The smallest absolute Gasteiger partial charge is 0.252 e. The number of nitrogens with one attached hydrogen (secondary N) is 1. The number of benzene rings is 3. The number of fused-ring (bicyclic) bond motifs is 2. The number of sulfonamides is 1. The number of ether oxygens (including phenoxy) is 2. The number of pyridine rings is 1. The Morgan fingerprint density at radius 1 is 0.943 bits per heavy atom. The lowest BCUT2D eigenvalue weighted by Gasteiger charge is -2.23. The van der Waals surface area contributed by atoms with Crippen LogP contribution in [0, 0.1) is 13.8 Å². The van der Waals surface area contributed by atoms with Crippen molar-refractivity contribution in [2.75, 3.05) is 6.79 Å². The number of nitrogens with zero attached hydrogens (tertiary/aromatic N) is 1. The summed E-state index contributed by atoms with van der Waals surface area (Å²) in [5.74, 6) is 1.17. The fraction of sp³-hybridized carbons (Fsp3) is 0.192. The van der Waals surface area contributed by atoms with Gasteiger partial charge in [-0.25, -0.2) is 8.42 Å². The van der Waals surface area contributed by atoms with E-state index in [-0.39, 0.29) is 30.3 Å². The summed E-state index contributed by atoms with van der Waals surface area (Å²) in [6, 6.07) is 16.9. The molecule has 7 nitrogen and oxygen atoms in total. The molecule has 180 valence electrons. The third-order valence-corrected chi connectivity index (χ3v) is 8.28. The maximum atomic E-state index is 13.7. The van der Waals surface area contributed by atoms with Crippen molar-refractivity contribution in [1.82, 2.24) is 9.29 Å².